The maximum atomic E-state index is 6.55. The molecule has 5 aromatic rings. The lowest BCUT2D eigenvalue weighted by Gasteiger charge is -2.33. The lowest BCUT2D eigenvalue weighted by atomic mass is 9.35. The molecule has 1 aromatic heterocycles. The summed E-state index contributed by atoms with van der Waals surface area (Å²) in [5.74, 6) is 4.09. The van der Waals surface area contributed by atoms with Gasteiger partial charge in [0.15, 0.2) is 0 Å². The van der Waals surface area contributed by atoms with Gasteiger partial charge in [0.05, 0.1) is 11.2 Å². The van der Waals surface area contributed by atoms with Crippen molar-refractivity contribution in [3.63, 3.8) is 0 Å². The van der Waals surface area contributed by atoms with Crippen LogP contribution in [-0.2, 0) is 6.42 Å². The normalized spacial score (nSPS) is 16.6. The molecule has 3 nitrogen and oxygen atoms in total. The van der Waals surface area contributed by atoms with Crippen LogP contribution in [0.15, 0.2) is 91.0 Å². The molecule has 1 aliphatic carbocycles. The fourth-order valence-electron chi connectivity index (χ4n) is 6.14. The van der Waals surface area contributed by atoms with Gasteiger partial charge in [-0.15, -0.1) is 0 Å². The third-order valence-electron chi connectivity index (χ3n) is 7.66. The van der Waals surface area contributed by atoms with Gasteiger partial charge in [-0.3, -0.25) is 0 Å². The van der Waals surface area contributed by atoms with Crippen molar-refractivity contribution < 1.29 is 9.47 Å². The number of allylic oxidation sites excluding steroid dienone is 1. The third kappa shape index (κ3) is 2.62. The van der Waals surface area contributed by atoms with E-state index in [-0.39, 0.29) is 6.71 Å². The molecule has 0 saturated carbocycles. The number of hydrogen-bond donors (Lipinski definition) is 0. The van der Waals surface area contributed by atoms with Crippen molar-refractivity contribution in [1.82, 2.24) is 4.57 Å². The number of para-hydroxylation sites is 3. The van der Waals surface area contributed by atoms with Crippen LogP contribution in [0.4, 0.5) is 0 Å². The van der Waals surface area contributed by atoms with E-state index in [1.165, 1.54) is 33.1 Å². The maximum absolute atomic E-state index is 6.55. The van der Waals surface area contributed by atoms with Gasteiger partial charge < -0.3 is 14.0 Å². The minimum Gasteiger partial charge on any atom is -0.458 e. The van der Waals surface area contributed by atoms with E-state index in [1.807, 2.05) is 12.1 Å². The van der Waals surface area contributed by atoms with E-state index in [4.69, 9.17) is 9.47 Å². The molecule has 0 bridgehead atoms. The number of ether oxygens (including phenoxy) is 2. The first kappa shape index (κ1) is 19.2. The number of fused-ring (bicyclic) bond motifs is 7. The fraction of sp³-hybridized carbons (Fsp3) is 0.0968. The van der Waals surface area contributed by atoms with Gasteiger partial charge in [0, 0.05) is 34.2 Å². The molecule has 0 saturated heterocycles. The van der Waals surface area contributed by atoms with Crippen LogP contribution in [0.2, 0.25) is 0 Å². The summed E-state index contributed by atoms with van der Waals surface area (Å²) in [4.78, 5) is 0. The van der Waals surface area contributed by atoms with Crippen LogP contribution in [0.5, 0.6) is 23.0 Å². The Balaban J connectivity index is 1.42. The molecule has 0 N–H and O–H groups in total. The van der Waals surface area contributed by atoms with Crippen molar-refractivity contribution in [3.8, 4) is 28.7 Å². The van der Waals surface area contributed by atoms with Crippen LogP contribution in [0.1, 0.15) is 18.2 Å². The van der Waals surface area contributed by atoms with E-state index < -0.39 is 0 Å². The Hall–Kier alpha value is -4.18. The molecule has 0 amide bonds. The van der Waals surface area contributed by atoms with Crippen molar-refractivity contribution >= 4 is 40.1 Å². The van der Waals surface area contributed by atoms with Crippen LogP contribution in [0, 0.1) is 5.92 Å². The van der Waals surface area contributed by atoms with Crippen molar-refractivity contribution in [2.75, 3.05) is 0 Å². The monoisotopic (exact) mass is 451 g/mol. The quantitative estimate of drug-likeness (QED) is 0.305. The highest BCUT2D eigenvalue weighted by Crippen LogP contribution is 2.40. The van der Waals surface area contributed by atoms with Gasteiger partial charge in [-0.05, 0) is 41.5 Å². The Kier molecular flexibility index (Phi) is 3.79. The van der Waals surface area contributed by atoms with Crippen molar-refractivity contribution in [1.29, 1.82) is 0 Å². The number of benzene rings is 4. The van der Waals surface area contributed by atoms with Gasteiger partial charge in [-0.1, -0.05) is 73.7 Å². The molecule has 0 spiro atoms. The molecule has 0 fully saturated rings. The summed E-state index contributed by atoms with van der Waals surface area (Å²) in [6.07, 6.45) is 5.61. The standard InChI is InChI=1S/C31H22BNO2/c1-19-14-15-22-21-8-2-5-11-25(21)33(26(22)16-19)20-17-29-31-30(18-20)35-28-13-7-4-10-24(28)32(31)23-9-3-6-12-27(23)34-29/h2-15,17-19H,16H2,1H3. The van der Waals surface area contributed by atoms with E-state index in [9.17, 15) is 0 Å². The predicted molar refractivity (Wildman–Crippen MR) is 143 cm³/mol. The van der Waals surface area contributed by atoms with E-state index in [0.29, 0.717) is 5.92 Å². The fourth-order valence-corrected chi connectivity index (χ4v) is 6.14. The Morgan fingerprint density at radius 3 is 2.11 bits per heavy atom. The molecular formula is C31H22BNO2. The Labute approximate surface area is 204 Å². The van der Waals surface area contributed by atoms with Crippen LogP contribution in [-0.4, -0.2) is 11.3 Å². The number of nitrogens with zero attached hydrogens (tertiary/aromatic N) is 1. The van der Waals surface area contributed by atoms with Gasteiger partial charge in [0.25, 0.3) is 6.71 Å². The summed E-state index contributed by atoms with van der Waals surface area (Å²) < 4.78 is 15.5. The number of hydrogen-bond acceptors (Lipinski definition) is 2. The lowest BCUT2D eigenvalue weighted by Crippen LogP contribution is -2.57. The zero-order valence-electron chi connectivity index (χ0n) is 19.4. The minimum atomic E-state index is 0.0993. The van der Waals surface area contributed by atoms with Crippen molar-refractivity contribution in [2.24, 2.45) is 5.92 Å². The van der Waals surface area contributed by atoms with Gasteiger partial charge >= 0.3 is 0 Å². The third-order valence-corrected chi connectivity index (χ3v) is 7.66. The molecule has 4 aromatic carbocycles. The van der Waals surface area contributed by atoms with Crippen LogP contribution in [0.3, 0.4) is 0 Å². The van der Waals surface area contributed by atoms with Crippen molar-refractivity contribution in [3.05, 3.63) is 102 Å². The molecule has 3 heterocycles. The summed E-state index contributed by atoms with van der Waals surface area (Å²) in [7, 11) is 0. The molecule has 8 rings (SSSR count). The second-order valence-corrected chi connectivity index (χ2v) is 9.82. The summed E-state index contributed by atoms with van der Waals surface area (Å²) in [5.41, 5.74) is 8.45. The first-order valence-electron chi connectivity index (χ1n) is 12.3. The molecule has 2 aliphatic heterocycles. The molecule has 3 aliphatic rings. The Morgan fingerprint density at radius 1 is 0.771 bits per heavy atom. The molecule has 1 atom stereocenters. The van der Waals surface area contributed by atoms with Crippen LogP contribution in [0.25, 0.3) is 22.7 Å². The average Bonchev–Trinajstić information content (AvgIpc) is 3.21. The summed E-state index contributed by atoms with van der Waals surface area (Å²) in [6, 6.07) is 29.8. The van der Waals surface area contributed by atoms with Gasteiger partial charge in [-0.25, -0.2) is 0 Å². The zero-order chi connectivity index (χ0) is 23.1. The second-order valence-electron chi connectivity index (χ2n) is 9.82. The minimum absolute atomic E-state index is 0.0993. The highest BCUT2D eigenvalue weighted by atomic mass is 16.5. The van der Waals surface area contributed by atoms with E-state index >= 15 is 0 Å². The lowest BCUT2D eigenvalue weighted by molar-refractivity contribution is 0.464. The predicted octanol–water partition coefficient (Wildman–Crippen LogP) is 5.56. The first-order chi connectivity index (χ1) is 17.3. The van der Waals surface area contributed by atoms with Gasteiger partial charge in [0.2, 0.25) is 0 Å². The first-order valence-corrected chi connectivity index (χ1v) is 12.3. The Bertz CT molecular complexity index is 1640. The molecule has 4 heteroatoms. The average molecular weight is 451 g/mol. The number of aromatic nitrogens is 1. The van der Waals surface area contributed by atoms with Crippen LogP contribution >= 0.6 is 0 Å². The second kappa shape index (κ2) is 6.92. The van der Waals surface area contributed by atoms with Crippen LogP contribution < -0.4 is 25.9 Å². The number of rotatable bonds is 1. The molecule has 35 heavy (non-hydrogen) atoms. The van der Waals surface area contributed by atoms with E-state index in [1.54, 1.807) is 0 Å². The van der Waals surface area contributed by atoms with Gasteiger partial charge in [0.1, 0.15) is 23.0 Å². The largest absolute Gasteiger partial charge is 0.458 e. The topological polar surface area (TPSA) is 23.4 Å². The van der Waals surface area contributed by atoms with E-state index in [0.717, 1.165) is 40.6 Å². The Morgan fingerprint density at radius 2 is 1.40 bits per heavy atom. The molecule has 1 unspecified atom stereocenters. The molecule has 166 valence electrons. The maximum Gasteiger partial charge on any atom is 0.260 e. The molecule has 0 radical (unpaired) electrons. The SMILES string of the molecule is CC1C=Cc2c(n(-c3cc4c5c(c3)Oc3ccccc3B5c3ccccc3O4)c3ccccc23)C1. The summed E-state index contributed by atoms with van der Waals surface area (Å²) >= 11 is 0. The van der Waals surface area contributed by atoms with E-state index in [2.05, 4.69) is 96.4 Å². The highest BCUT2D eigenvalue weighted by molar-refractivity contribution is 6.98. The highest BCUT2D eigenvalue weighted by Gasteiger charge is 2.40. The summed E-state index contributed by atoms with van der Waals surface area (Å²) in [6.45, 7) is 2.38. The summed E-state index contributed by atoms with van der Waals surface area (Å²) in [5, 5.41) is 1.28. The van der Waals surface area contributed by atoms with Crippen molar-refractivity contribution in [2.45, 2.75) is 13.3 Å². The molecular weight excluding hydrogens is 429 g/mol. The van der Waals surface area contributed by atoms with Gasteiger partial charge in [-0.2, -0.15) is 0 Å². The zero-order valence-corrected chi connectivity index (χ0v) is 19.4. The smallest absolute Gasteiger partial charge is 0.260 e.